The highest BCUT2D eigenvalue weighted by Gasteiger charge is 2.42. The highest BCUT2D eigenvalue weighted by atomic mass is 16.8. The van der Waals surface area contributed by atoms with E-state index in [1.165, 1.54) is 6.92 Å². The normalized spacial score (nSPS) is 20.6. The van der Waals surface area contributed by atoms with Gasteiger partial charge in [0.15, 0.2) is 12.6 Å². The number of aliphatic hydroxyl groups excluding tert-OH is 6. The number of nitrogens with one attached hydrogen (secondary N) is 2. The molecule has 23 nitrogen and oxygen atoms in total. The maximum absolute atomic E-state index is 12.2. The summed E-state index contributed by atoms with van der Waals surface area (Å²) in [6.07, 6.45) is -9.80. The van der Waals surface area contributed by atoms with Crippen LogP contribution in [0.25, 0.3) is 0 Å². The van der Waals surface area contributed by atoms with Gasteiger partial charge in [0.05, 0.1) is 118 Å². The van der Waals surface area contributed by atoms with Gasteiger partial charge >= 0.3 is 0 Å². The van der Waals surface area contributed by atoms with Crippen LogP contribution in [0.15, 0.2) is 0 Å². The van der Waals surface area contributed by atoms with Gasteiger partial charge in [-0.25, -0.2) is 0 Å². The SMILES string of the molecule is CC(O)C(CO)OC(OCCOCCOCCNC(=O)CCOCC(C)(COCCC=O)COCCC(=O)NCCOCCOCCOC1OC(O)C(O)C1O)C(O)O. The van der Waals surface area contributed by atoms with Crippen molar-refractivity contribution < 1.29 is 102 Å². The molecule has 0 aromatic heterocycles. The average molecular weight is 865 g/mol. The first-order valence-corrected chi connectivity index (χ1v) is 19.6. The summed E-state index contributed by atoms with van der Waals surface area (Å²) in [7, 11) is 0. The minimum Gasteiger partial charge on any atom is -0.394 e. The van der Waals surface area contributed by atoms with E-state index in [2.05, 4.69) is 10.6 Å². The van der Waals surface area contributed by atoms with Crippen LogP contribution in [0.5, 0.6) is 0 Å². The van der Waals surface area contributed by atoms with E-state index in [0.29, 0.717) is 0 Å². The molecule has 2 amide bonds. The molecule has 0 aromatic rings. The third-order valence-corrected chi connectivity index (χ3v) is 8.04. The number of ether oxygens (including phenoxy) is 11. The zero-order chi connectivity index (χ0) is 43.7. The van der Waals surface area contributed by atoms with Gasteiger partial charge in [0, 0.05) is 37.8 Å². The Labute approximate surface area is 344 Å². The fourth-order valence-electron chi connectivity index (χ4n) is 4.78. The van der Waals surface area contributed by atoms with Crippen LogP contribution in [-0.2, 0) is 66.5 Å². The predicted octanol–water partition coefficient (Wildman–Crippen LogP) is -4.46. The summed E-state index contributed by atoms with van der Waals surface area (Å²) in [5.74, 6) is -0.465. The van der Waals surface area contributed by atoms with Crippen LogP contribution in [0, 0.1) is 5.41 Å². The lowest BCUT2D eigenvalue weighted by Gasteiger charge is -2.29. The standard InChI is InChI=1S/C36H68N2O21/c1-26(41)27(22-40)58-35(32(46)47)57-21-19-52-17-15-50-13-7-38-29(43)5-11-55-25-36(2,23-53-9-3-8-39)24-54-10-4-28(42)37-6-12-49-14-16-51-18-20-56-34-31(45)30(44)33(48)59-34/h8,26-27,30-35,40-41,44-48H,3-7,9-25H2,1-2H3,(H,37,42)(H,38,43). The number of aldehydes is 1. The third kappa shape index (κ3) is 27.5. The van der Waals surface area contributed by atoms with Crippen LogP contribution in [-0.4, -0.2) is 229 Å². The van der Waals surface area contributed by atoms with E-state index in [1.807, 2.05) is 6.92 Å². The summed E-state index contributed by atoms with van der Waals surface area (Å²) in [5, 5.41) is 71.3. The van der Waals surface area contributed by atoms with Gasteiger partial charge in [-0.3, -0.25) is 9.59 Å². The molecule has 0 aromatic carbocycles. The Kier molecular flexibility index (Phi) is 32.1. The fraction of sp³-hybridized carbons (Fsp3) is 0.917. The molecule has 0 bridgehead atoms. The van der Waals surface area contributed by atoms with Gasteiger partial charge in [0.25, 0.3) is 0 Å². The summed E-state index contributed by atoms with van der Waals surface area (Å²) >= 11 is 0. The van der Waals surface area contributed by atoms with E-state index in [4.69, 9.17) is 52.1 Å². The molecule has 0 aliphatic carbocycles. The number of carbonyl (C=O) groups is 3. The minimum atomic E-state index is -1.99. The smallest absolute Gasteiger partial charge is 0.222 e. The lowest BCUT2D eigenvalue weighted by Crippen LogP contribution is -2.41. The molecule has 1 saturated heterocycles. The molecule has 1 rings (SSSR count). The van der Waals surface area contributed by atoms with Crippen molar-refractivity contribution in [3.8, 4) is 0 Å². The number of aliphatic hydroxyl groups is 7. The summed E-state index contributed by atoms with van der Waals surface area (Å²) in [6.45, 7) is 6.13. The Morgan fingerprint density at radius 2 is 1.19 bits per heavy atom. The summed E-state index contributed by atoms with van der Waals surface area (Å²) in [6, 6.07) is 0. The monoisotopic (exact) mass is 864 g/mol. The molecule has 23 heteroatoms. The van der Waals surface area contributed by atoms with Gasteiger partial charge in [-0.15, -0.1) is 0 Å². The average Bonchev–Trinajstić information content (AvgIpc) is 3.45. The van der Waals surface area contributed by atoms with E-state index in [0.717, 1.165) is 6.29 Å². The predicted molar refractivity (Wildman–Crippen MR) is 200 cm³/mol. The van der Waals surface area contributed by atoms with Crippen LogP contribution in [0.3, 0.4) is 0 Å². The van der Waals surface area contributed by atoms with Crippen molar-refractivity contribution in [3.05, 3.63) is 0 Å². The number of carbonyl (C=O) groups excluding carboxylic acids is 3. The highest BCUT2D eigenvalue weighted by molar-refractivity contribution is 5.76. The van der Waals surface area contributed by atoms with Crippen molar-refractivity contribution >= 4 is 18.1 Å². The Morgan fingerprint density at radius 1 is 0.695 bits per heavy atom. The topological polar surface area (TPSA) is 318 Å². The molecule has 9 N–H and O–H groups in total. The van der Waals surface area contributed by atoms with E-state index in [-0.39, 0.29) is 150 Å². The van der Waals surface area contributed by atoms with Crippen LogP contribution in [0.4, 0.5) is 0 Å². The largest absolute Gasteiger partial charge is 0.394 e. The van der Waals surface area contributed by atoms with E-state index >= 15 is 0 Å². The van der Waals surface area contributed by atoms with Crippen molar-refractivity contribution in [3.63, 3.8) is 0 Å². The van der Waals surface area contributed by atoms with Crippen LogP contribution in [0.1, 0.15) is 33.1 Å². The van der Waals surface area contributed by atoms with Crippen molar-refractivity contribution in [1.82, 2.24) is 10.6 Å². The Balaban J connectivity index is 2.11. The molecule has 0 spiro atoms. The quantitative estimate of drug-likeness (QED) is 0.0159. The van der Waals surface area contributed by atoms with E-state index < -0.39 is 61.6 Å². The number of hydrogen-bond acceptors (Lipinski definition) is 21. The molecule has 0 radical (unpaired) electrons. The summed E-state index contributed by atoms with van der Waals surface area (Å²) < 4.78 is 59.1. The van der Waals surface area contributed by atoms with Gasteiger partial charge in [0.2, 0.25) is 24.4 Å². The molecular formula is C36H68N2O21. The van der Waals surface area contributed by atoms with Crippen LogP contribution >= 0.6 is 0 Å². The Bertz CT molecular complexity index is 1060. The molecular weight excluding hydrogens is 796 g/mol. The van der Waals surface area contributed by atoms with E-state index in [9.17, 15) is 50.1 Å². The fourth-order valence-corrected chi connectivity index (χ4v) is 4.78. The third-order valence-electron chi connectivity index (χ3n) is 8.04. The van der Waals surface area contributed by atoms with Gasteiger partial charge in [-0.05, 0) is 6.92 Å². The molecule has 0 saturated carbocycles. The van der Waals surface area contributed by atoms with Crippen molar-refractivity contribution in [2.45, 2.75) is 82.7 Å². The van der Waals surface area contributed by atoms with Gasteiger partial charge in [-0.1, -0.05) is 6.92 Å². The molecule has 1 aliphatic rings. The Hall–Kier alpha value is -2.11. The molecule has 1 fully saturated rings. The zero-order valence-electron chi connectivity index (χ0n) is 34.1. The molecule has 59 heavy (non-hydrogen) atoms. The molecule has 1 aliphatic heterocycles. The lowest BCUT2D eigenvalue weighted by atomic mass is 9.94. The van der Waals surface area contributed by atoms with Crippen molar-refractivity contribution in [2.24, 2.45) is 5.41 Å². The maximum Gasteiger partial charge on any atom is 0.222 e. The first-order valence-electron chi connectivity index (χ1n) is 19.6. The lowest BCUT2D eigenvalue weighted by molar-refractivity contribution is -0.282. The second kappa shape index (κ2) is 34.5. The van der Waals surface area contributed by atoms with Gasteiger partial charge in [0.1, 0.15) is 24.6 Å². The summed E-state index contributed by atoms with van der Waals surface area (Å²) in [4.78, 5) is 35.1. The molecule has 8 atom stereocenters. The summed E-state index contributed by atoms with van der Waals surface area (Å²) in [5.41, 5.74) is -0.617. The van der Waals surface area contributed by atoms with Crippen molar-refractivity contribution in [2.75, 3.05) is 125 Å². The number of amides is 2. The zero-order valence-corrected chi connectivity index (χ0v) is 34.1. The second-order valence-electron chi connectivity index (χ2n) is 13.6. The van der Waals surface area contributed by atoms with Gasteiger partial charge in [-0.2, -0.15) is 0 Å². The first-order chi connectivity index (χ1) is 28.3. The molecule has 8 unspecified atom stereocenters. The van der Waals surface area contributed by atoms with E-state index in [1.54, 1.807) is 0 Å². The van der Waals surface area contributed by atoms with Crippen molar-refractivity contribution in [1.29, 1.82) is 0 Å². The van der Waals surface area contributed by atoms with Crippen LogP contribution < -0.4 is 10.6 Å². The Morgan fingerprint density at radius 3 is 1.64 bits per heavy atom. The second-order valence-corrected chi connectivity index (χ2v) is 13.6. The van der Waals surface area contributed by atoms with Crippen LogP contribution in [0.2, 0.25) is 0 Å². The number of rotatable bonds is 40. The molecule has 348 valence electrons. The minimum absolute atomic E-state index is 0.0530. The number of hydrogen-bond donors (Lipinski definition) is 9. The maximum atomic E-state index is 12.2. The first kappa shape index (κ1) is 54.9. The highest BCUT2D eigenvalue weighted by Crippen LogP contribution is 2.20. The molecule has 1 heterocycles. The van der Waals surface area contributed by atoms with Gasteiger partial charge < -0.3 is 103 Å².